The normalized spacial score (nSPS) is 23.1. The van der Waals surface area contributed by atoms with Crippen LogP contribution in [-0.4, -0.2) is 41.4 Å². The van der Waals surface area contributed by atoms with Gasteiger partial charge in [-0.2, -0.15) is 0 Å². The van der Waals surface area contributed by atoms with E-state index in [1.165, 1.54) is 6.20 Å². The van der Waals surface area contributed by atoms with Crippen molar-refractivity contribution >= 4 is 16.7 Å². The number of hydrogen-bond donors (Lipinski definition) is 1. The second-order valence-corrected chi connectivity index (χ2v) is 7.06. The number of ether oxygens (including phenoxy) is 1. The van der Waals surface area contributed by atoms with E-state index in [0.717, 1.165) is 45.2 Å². The minimum Gasteiger partial charge on any atom is -0.481 e. The molecule has 6 heteroatoms. The Morgan fingerprint density at radius 1 is 1.29 bits per heavy atom. The van der Waals surface area contributed by atoms with E-state index in [1.54, 1.807) is 13.2 Å². The molecule has 0 aromatic carbocycles. The smallest absolute Gasteiger partial charge is 0.213 e. The van der Waals surface area contributed by atoms with Crippen molar-refractivity contribution in [2.24, 2.45) is 5.41 Å². The fraction of sp³-hybridized carbons (Fsp3) is 0.556. The minimum absolute atomic E-state index is 0.166. The van der Waals surface area contributed by atoms with Crippen LogP contribution in [0.5, 0.6) is 5.88 Å². The quantitative estimate of drug-likeness (QED) is 0.917. The number of aliphatic hydroxyl groups is 1. The molecule has 24 heavy (non-hydrogen) atoms. The summed E-state index contributed by atoms with van der Waals surface area (Å²) in [5.74, 6) is 0.120. The van der Waals surface area contributed by atoms with Crippen LogP contribution in [0.2, 0.25) is 0 Å². The molecule has 0 unspecified atom stereocenters. The van der Waals surface area contributed by atoms with Crippen molar-refractivity contribution in [2.75, 3.05) is 25.1 Å². The summed E-state index contributed by atoms with van der Waals surface area (Å²) in [6.45, 7) is 1.56. The van der Waals surface area contributed by atoms with Crippen LogP contribution < -0.4 is 9.64 Å². The molecule has 1 saturated carbocycles. The molecular weight excluding hydrogens is 309 g/mol. The third kappa shape index (κ3) is 2.59. The Labute approximate surface area is 140 Å². The number of nitrogens with zero attached hydrogens (tertiary/aromatic N) is 3. The summed E-state index contributed by atoms with van der Waals surface area (Å²) in [6, 6.07) is 3.55. The molecule has 1 atom stereocenters. The first-order valence-corrected chi connectivity index (χ1v) is 8.52. The molecular formula is C18H22FN3O2. The van der Waals surface area contributed by atoms with E-state index in [2.05, 4.69) is 14.9 Å². The van der Waals surface area contributed by atoms with Gasteiger partial charge in [0.25, 0.3) is 0 Å². The van der Waals surface area contributed by atoms with E-state index < -0.39 is 0 Å². The second kappa shape index (κ2) is 5.84. The Balaban J connectivity index is 1.66. The molecule has 1 spiro atoms. The lowest BCUT2D eigenvalue weighted by Crippen LogP contribution is -2.39. The van der Waals surface area contributed by atoms with E-state index in [9.17, 15) is 9.50 Å². The maximum Gasteiger partial charge on any atom is 0.213 e. The van der Waals surface area contributed by atoms with Gasteiger partial charge in [0.2, 0.25) is 5.88 Å². The van der Waals surface area contributed by atoms with E-state index in [4.69, 9.17) is 4.74 Å². The largest absolute Gasteiger partial charge is 0.481 e. The number of hydrogen-bond acceptors (Lipinski definition) is 5. The standard InChI is InChI=1S/C18H22FN3O2/c1-24-15-3-2-14-16(21-15)17(13(19)11-20-14)22-8-6-18(7-9-22)5-4-12(23)10-18/h2-3,11-12,23H,4-10H2,1H3/t12-/m0/s1. The zero-order chi connectivity index (χ0) is 16.7. The third-order valence-corrected chi connectivity index (χ3v) is 5.64. The molecule has 2 aromatic rings. The highest BCUT2D eigenvalue weighted by Gasteiger charge is 2.41. The molecule has 5 nitrogen and oxygen atoms in total. The Kier molecular flexibility index (Phi) is 3.79. The SMILES string of the molecule is COc1ccc2ncc(F)c(N3CCC4(CC[C@H](O)C4)CC3)c2n1. The summed E-state index contributed by atoms with van der Waals surface area (Å²) in [5.41, 5.74) is 1.98. The summed E-state index contributed by atoms with van der Waals surface area (Å²) in [7, 11) is 1.55. The number of pyridine rings is 2. The Hall–Kier alpha value is -1.95. The number of anilines is 1. The molecule has 4 rings (SSSR count). The Bertz CT molecular complexity index is 759. The number of rotatable bonds is 2. The molecule has 128 valence electrons. The maximum atomic E-state index is 14.5. The zero-order valence-electron chi connectivity index (χ0n) is 13.8. The first-order valence-electron chi connectivity index (χ1n) is 8.52. The molecule has 1 aliphatic heterocycles. The number of fused-ring (bicyclic) bond motifs is 1. The van der Waals surface area contributed by atoms with Gasteiger partial charge in [-0.1, -0.05) is 0 Å². The van der Waals surface area contributed by atoms with Gasteiger partial charge in [0.05, 0.1) is 24.9 Å². The lowest BCUT2D eigenvalue weighted by Gasteiger charge is -2.40. The number of halogens is 1. The van der Waals surface area contributed by atoms with Gasteiger partial charge in [-0.15, -0.1) is 0 Å². The number of piperidine rings is 1. The van der Waals surface area contributed by atoms with Crippen molar-refractivity contribution in [3.63, 3.8) is 0 Å². The molecule has 2 aliphatic rings. The van der Waals surface area contributed by atoms with Crippen molar-refractivity contribution < 1.29 is 14.2 Å². The molecule has 2 fully saturated rings. The number of aromatic nitrogens is 2. The van der Waals surface area contributed by atoms with Crippen LogP contribution in [0.3, 0.4) is 0 Å². The second-order valence-electron chi connectivity index (χ2n) is 7.06. The fourth-order valence-corrected chi connectivity index (χ4v) is 4.26. The summed E-state index contributed by atoms with van der Waals surface area (Å²) in [5, 5.41) is 9.87. The van der Waals surface area contributed by atoms with Crippen molar-refractivity contribution in [3.8, 4) is 5.88 Å². The molecule has 3 heterocycles. The van der Waals surface area contributed by atoms with Crippen molar-refractivity contribution in [3.05, 3.63) is 24.1 Å². The summed E-state index contributed by atoms with van der Waals surface area (Å²) < 4.78 is 19.7. The average molecular weight is 331 g/mol. The maximum absolute atomic E-state index is 14.5. The van der Waals surface area contributed by atoms with Crippen LogP contribution in [0.15, 0.2) is 18.3 Å². The lowest BCUT2D eigenvalue weighted by molar-refractivity contribution is 0.144. The molecule has 0 bridgehead atoms. The summed E-state index contributed by atoms with van der Waals surface area (Å²) >= 11 is 0. The van der Waals surface area contributed by atoms with Crippen LogP contribution in [0.1, 0.15) is 32.1 Å². The van der Waals surface area contributed by atoms with Crippen molar-refractivity contribution in [1.82, 2.24) is 9.97 Å². The lowest BCUT2D eigenvalue weighted by atomic mass is 9.77. The predicted octanol–water partition coefficient (Wildman–Crippen LogP) is 2.91. The Morgan fingerprint density at radius 2 is 2.08 bits per heavy atom. The van der Waals surface area contributed by atoms with Crippen LogP contribution in [0.25, 0.3) is 11.0 Å². The Morgan fingerprint density at radius 3 is 2.75 bits per heavy atom. The topological polar surface area (TPSA) is 58.5 Å². The van der Waals surface area contributed by atoms with Gasteiger partial charge in [-0.3, -0.25) is 4.98 Å². The van der Waals surface area contributed by atoms with Gasteiger partial charge in [0, 0.05) is 19.2 Å². The first-order chi connectivity index (χ1) is 11.6. The first kappa shape index (κ1) is 15.6. The molecule has 1 saturated heterocycles. The van der Waals surface area contributed by atoms with E-state index >= 15 is 0 Å². The molecule has 0 radical (unpaired) electrons. The molecule has 1 N–H and O–H groups in total. The van der Waals surface area contributed by atoms with Crippen LogP contribution >= 0.6 is 0 Å². The summed E-state index contributed by atoms with van der Waals surface area (Å²) in [4.78, 5) is 10.6. The fourth-order valence-electron chi connectivity index (χ4n) is 4.26. The summed E-state index contributed by atoms with van der Waals surface area (Å²) in [6.07, 6.45) is 5.93. The molecule has 1 aliphatic carbocycles. The third-order valence-electron chi connectivity index (χ3n) is 5.64. The van der Waals surface area contributed by atoms with Crippen molar-refractivity contribution in [1.29, 1.82) is 0 Å². The monoisotopic (exact) mass is 331 g/mol. The minimum atomic E-state index is -0.342. The highest BCUT2D eigenvalue weighted by Crippen LogP contribution is 2.47. The highest BCUT2D eigenvalue weighted by atomic mass is 19.1. The van der Waals surface area contributed by atoms with Gasteiger partial charge in [-0.25, -0.2) is 9.37 Å². The van der Waals surface area contributed by atoms with Crippen LogP contribution in [-0.2, 0) is 0 Å². The van der Waals surface area contributed by atoms with Gasteiger partial charge < -0.3 is 14.7 Å². The average Bonchev–Trinajstić information content (AvgIpc) is 2.96. The zero-order valence-corrected chi connectivity index (χ0v) is 13.8. The van der Waals surface area contributed by atoms with E-state index in [-0.39, 0.29) is 17.3 Å². The van der Waals surface area contributed by atoms with Gasteiger partial charge in [0.15, 0.2) is 5.82 Å². The van der Waals surface area contributed by atoms with Gasteiger partial charge in [-0.05, 0) is 43.6 Å². The van der Waals surface area contributed by atoms with E-state index in [1.807, 2.05) is 6.07 Å². The van der Waals surface area contributed by atoms with E-state index in [0.29, 0.717) is 22.6 Å². The predicted molar refractivity (Wildman–Crippen MR) is 89.8 cm³/mol. The van der Waals surface area contributed by atoms with Gasteiger partial charge >= 0.3 is 0 Å². The van der Waals surface area contributed by atoms with Crippen molar-refractivity contribution in [2.45, 2.75) is 38.2 Å². The molecule has 2 aromatic heterocycles. The van der Waals surface area contributed by atoms with Crippen LogP contribution in [0.4, 0.5) is 10.1 Å². The number of methoxy groups -OCH3 is 1. The number of aliphatic hydroxyl groups excluding tert-OH is 1. The highest BCUT2D eigenvalue weighted by molar-refractivity contribution is 5.88. The van der Waals surface area contributed by atoms with Gasteiger partial charge in [0.1, 0.15) is 11.2 Å². The van der Waals surface area contributed by atoms with Crippen LogP contribution in [0, 0.1) is 11.2 Å². The molecule has 0 amide bonds.